The lowest BCUT2D eigenvalue weighted by Crippen LogP contribution is -2.45. The molecular formula is C24H28ClN3O2. The molecular weight excluding hydrogens is 398 g/mol. The number of carbonyl (C=O) groups excluding carboxylic acids is 2. The maximum atomic E-state index is 12.4. The summed E-state index contributed by atoms with van der Waals surface area (Å²) in [6, 6.07) is 15.2. The molecule has 0 radical (unpaired) electrons. The van der Waals surface area contributed by atoms with Gasteiger partial charge in [-0.25, -0.2) is 0 Å². The van der Waals surface area contributed by atoms with Gasteiger partial charge in [0.2, 0.25) is 5.91 Å². The molecule has 5 nitrogen and oxygen atoms in total. The highest BCUT2D eigenvalue weighted by molar-refractivity contribution is 6.30. The summed E-state index contributed by atoms with van der Waals surface area (Å²) in [7, 11) is 0. The second-order valence-corrected chi connectivity index (χ2v) is 8.78. The first-order valence-electron chi connectivity index (χ1n) is 10.8. The minimum absolute atomic E-state index is 0.145. The second kappa shape index (κ2) is 9.63. The highest BCUT2D eigenvalue weighted by Gasteiger charge is 2.28. The first kappa shape index (κ1) is 20.9. The Morgan fingerprint density at radius 1 is 1.00 bits per heavy atom. The third-order valence-electron chi connectivity index (χ3n) is 6.11. The van der Waals surface area contributed by atoms with Crippen molar-refractivity contribution in [1.82, 2.24) is 10.2 Å². The molecule has 0 spiro atoms. The number of anilines is 1. The van der Waals surface area contributed by atoms with Crippen molar-refractivity contribution in [1.29, 1.82) is 0 Å². The quantitative estimate of drug-likeness (QED) is 0.717. The molecule has 2 aromatic rings. The molecule has 1 aliphatic carbocycles. The van der Waals surface area contributed by atoms with Crippen LogP contribution in [0.15, 0.2) is 48.5 Å². The van der Waals surface area contributed by atoms with Crippen LogP contribution >= 0.6 is 11.6 Å². The summed E-state index contributed by atoms with van der Waals surface area (Å²) < 4.78 is 0. The Bertz CT molecular complexity index is 888. The lowest BCUT2D eigenvalue weighted by Gasteiger charge is -2.33. The minimum Gasteiger partial charge on any atom is -0.353 e. The topological polar surface area (TPSA) is 61.4 Å². The van der Waals surface area contributed by atoms with E-state index in [-0.39, 0.29) is 17.7 Å². The standard InChI is InChI=1S/C24H28ClN3O2/c25-20-9-7-18(8-10-20)23(29)27-22-6-1-3-17(15-22)16-28-13-11-19(12-14-28)24(30)26-21-4-2-5-21/h1,3,6-10,15,19,21H,2,4-5,11-14,16H2,(H,26,30)(H,27,29). The molecule has 2 aromatic carbocycles. The van der Waals surface area contributed by atoms with Crippen LogP contribution in [0.1, 0.15) is 48.0 Å². The smallest absolute Gasteiger partial charge is 0.255 e. The Kier molecular flexibility index (Phi) is 6.70. The minimum atomic E-state index is -0.151. The van der Waals surface area contributed by atoms with Crippen LogP contribution in [-0.4, -0.2) is 35.8 Å². The van der Waals surface area contributed by atoms with Crippen molar-refractivity contribution in [3.8, 4) is 0 Å². The number of likely N-dealkylation sites (tertiary alicyclic amines) is 1. The van der Waals surface area contributed by atoms with Crippen LogP contribution in [0.2, 0.25) is 5.02 Å². The zero-order valence-electron chi connectivity index (χ0n) is 17.1. The second-order valence-electron chi connectivity index (χ2n) is 8.35. The first-order chi connectivity index (χ1) is 14.6. The fraction of sp³-hybridized carbons (Fsp3) is 0.417. The summed E-state index contributed by atoms with van der Waals surface area (Å²) >= 11 is 5.89. The predicted molar refractivity (Wildman–Crippen MR) is 120 cm³/mol. The van der Waals surface area contributed by atoms with Crippen LogP contribution in [0.25, 0.3) is 0 Å². The molecule has 0 bridgehead atoms. The van der Waals surface area contributed by atoms with Crippen molar-refractivity contribution < 1.29 is 9.59 Å². The van der Waals surface area contributed by atoms with E-state index in [9.17, 15) is 9.59 Å². The Hall–Kier alpha value is -2.37. The highest BCUT2D eigenvalue weighted by Crippen LogP contribution is 2.23. The molecule has 2 amide bonds. The lowest BCUT2D eigenvalue weighted by atomic mass is 9.90. The van der Waals surface area contributed by atoms with E-state index in [1.54, 1.807) is 24.3 Å². The molecule has 2 fully saturated rings. The van der Waals surface area contributed by atoms with Gasteiger partial charge in [0.1, 0.15) is 0 Å². The zero-order chi connectivity index (χ0) is 20.9. The third-order valence-corrected chi connectivity index (χ3v) is 6.36. The molecule has 1 aliphatic heterocycles. The summed E-state index contributed by atoms with van der Waals surface area (Å²) in [5.41, 5.74) is 2.51. The number of piperidine rings is 1. The fourth-order valence-electron chi connectivity index (χ4n) is 4.04. The van der Waals surface area contributed by atoms with Crippen molar-refractivity contribution in [2.24, 2.45) is 5.92 Å². The van der Waals surface area contributed by atoms with Gasteiger partial charge in [-0.1, -0.05) is 23.7 Å². The molecule has 2 aliphatic rings. The average molecular weight is 426 g/mol. The molecule has 1 heterocycles. The van der Waals surface area contributed by atoms with E-state index in [1.807, 2.05) is 18.2 Å². The van der Waals surface area contributed by atoms with Crippen molar-refractivity contribution in [2.45, 2.75) is 44.7 Å². The van der Waals surface area contributed by atoms with Gasteiger partial charge in [-0.3, -0.25) is 14.5 Å². The maximum Gasteiger partial charge on any atom is 0.255 e. The van der Waals surface area contributed by atoms with Gasteiger partial charge in [-0.05, 0) is 87.2 Å². The molecule has 0 atom stereocenters. The van der Waals surface area contributed by atoms with Crippen LogP contribution in [-0.2, 0) is 11.3 Å². The summed E-state index contributed by atoms with van der Waals surface area (Å²) in [4.78, 5) is 27.2. The predicted octanol–water partition coefficient (Wildman–Crippen LogP) is 4.47. The van der Waals surface area contributed by atoms with Gasteiger partial charge >= 0.3 is 0 Å². The van der Waals surface area contributed by atoms with E-state index < -0.39 is 0 Å². The zero-order valence-corrected chi connectivity index (χ0v) is 17.8. The number of halogens is 1. The molecule has 2 N–H and O–H groups in total. The average Bonchev–Trinajstić information content (AvgIpc) is 2.72. The van der Waals surface area contributed by atoms with E-state index in [4.69, 9.17) is 11.6 Å². The van der Waals surface area contributed by atoms with E-state index in [2.05, 4.69) is 21.6 Å². The highest BCUT2D eigenvalue weighted by atomic mass is 35.5. The normalized spacial score (nSPS) is 17.9. The van der Waals surface area contributed by atoms with Crippen molar-refractivity contribution in [3.05, 3.63) is 64.7 Å². The molecule has 4 rings (SSSR count). The molecule has 0 aromatic heterocycles. The summed E-state index contributed by atoms with van der Waals surface area (Å²) in [5, 5.41) is 6.75. The molecule has 6 heteroatoms. The van der Waals surface area contributed by atoms with Crippen LogP contribution in [0.3, 0.4) is 0 Å². The Morgan fingerprint density at radius 2 is 1.73 bits per heavy atom. The van der Waals surface area contributed by atoms with Gasteiger partial charge in [-0.2, -0.15) is 0 Å². The number of benzene rings is 2. The largest absolute Gasteiger partial charge is 0.353 e. The Labute approximate surface area is 182 Å². The van der Waals surface area contributed by atoms with Crippen molar-refractivity contribution >= 4 is 29.1 Å². The fourth-order valence-corrected chi connectivity index (χ4v) is 4.16. The van der Waals surface area contributed by atoms with Gasteiger partial charge in [0.05, 0.1) is 0 Å². The van der Waals surface area contributed by atoms with Crippen molar-refractivity contribution in [3.63, 3.8) is 0 Å². The summed E-state index contributed by atoms with van der Waals surface area (Å²) in [5.74, 6) is 0.236. The van der Waals surface area contributed by atoms with Crippen LogP contribution in [0, 0.1) is 5.92 Å². The lowest BCUT2D eigenvalue weighted by molar-refractivity contribution is -0.127. The van der Waals surface area contributed by atoms with Crippen LogP contribution in [0.5, 0.6) is 0 Å². The van der Waals surface area contributed by atoms with E-state index in [0.717, 1.165) is 56.6 Å². The number of nitrogens with zero attached hydrogens (tertiary/aromatic N) is 1. The third kappa shape index (κ3) is 5.41. The molecule has 1 saturated heterocycles. The van der Waals surface area contributed by atoms with E-state index >= 15 is 0 Å². The van der Waals surface area contributed by atoms with Gasteiger partial charge in [0, 0.05) is 34.8 Å². The number of amides is 2. The number of carbonyl (C=O) groups is 2. The van der Waals surface area contributed by atoms with Gasteiger partial charge in [-0.15, -0.1) is 0 Å². The number of hydrogen-bond acceptors (Lipinski definition) is 3. The summed E-state index contributed by atoms with van der Waals surface area (Å²) in [6.45, 7) is 2.66. The number of rotatable bonds is 6. The Morgan fingerprint density at radius 3 is 2.40 bits per heavy atom. The van der Waals surface area contributed by atoms with E-state index in [0.29, 0.717) is 16.6 Å². The molecule has 1 saturated carbocycles. The van der Waals surface area contributed by atoms with Gasteiger partial charge < -0.3 is 10.6 Å². The monoisotopic (exact) mass is 425 g/mol. The maximum absolute atomic E-state index is 12.4. The number of hydrogen-bond donors (Lipinski definition) is 2. The van der Waals surface area contributed by atoms with Crippen LogP contribution in [0.4, 0.5) is 5.69 Å². The molecule has 0 unspecified atom stereocenters. The van der Waals surface area contributed by atoms with E-state index in [1.165, 1.54) is 6.42 Å². The van der Waals surface area contributed by atoms with Crippen molar-refractivity contribution in [2.75, 3.05) is 18.4 Å². The summed E-state index contributed by atoms with van der Waals surface area (Å²) in [6.07, 6.45) is 5.32. The number of nitrogens with one attached hydrogen (secondary N) is 2. The SMILES string of the molecule is O=C(Nc1cccc(CN2CCC(C(=O)NC3CCC3)CC2)c1)c1ccc(Cl)cc1. The van der Waals surface area contributed by atoms with Gasteiger partial charge in [0.15, 0.2) is 0 Å². The Balaban J connectivity index is 1.27. The molecule has 30 heavy (non-hydrogen) atoms. The van der Waals surface area contributed by atoms with Gasteiger partial charge in [0.25, 0.3) is 5.91 Å². The molecule has 158 valence electrons. The first-order valence-corrected chi connectivity index (χ1v) is 11.1. The van der Waals surface area contributed by atoms with Crippen LogP contribution < -0.4 is 10.6 Å².